The molecule has 4 rings (SSSR count). The fourth-order valence-electron chi connectivity index (χ4n) is 3.80. The molecule has 0 atom stereocenters. The van der Waals surface area contributed by atoms with Gasteiger partial charge in [-0.05, 0) is 55.3 Å². The maximum absolute atomic E-state index is 13.5. The van der Waals surface area contributed by atoms with E-state index in [0.29, 0.717) is 5.56 Å². The Morgan fingerprint density at radius 1 is 0.818 bits per heavy atom. The van der Waals surface area contributed by atoms with Gasteiger partial charge in [-0.25, -0.2) is 12.7 Å². The van der Waals surface area contributed by atoms with Gasteiger partial charge in [0, 0.05) is 13.0 Å². The first-order valence-electron chi connectivity index (χ1n) is 10.4. The van der Waals surface area contributed by atoms with E-state index in [1.165, 1.54) is 12.1 Å². The molecular formula is C25H22N2O5S. The Bertz CT molecular complexity index is 1330. The second-order valence-electron chi connectivity index (χ2n) is 7.75. The summed E-state index contributed by atoms with van der Waals surface area (Å²) in [5, 5.41) is 0. The van der Waals surface area contributed by atoms with Crippen molar-refractivity contribution in [3.05, 3.63) is 95.1 Å². The number of aryl methyl sites for hydroxylation is 1. The molecule has 3 aromatic rings. The summed E-state index contributed by atoms with van der Waals surface area (Å²) < 4.78 is 27.8. The SMILES string of the molecule is Cc1cccc(N(C(=O)CCN2C(=O)c3ccccc3C2=O)S(=O)(=O)c2ccccc2)c1C. The second-order valence-corrected chi connectivity index (χ2v) is 9.54. The van der Waals surface area contributed by atoms with Crippen molar-refractivity contribution in [1.29, 1.82) is 0 Å². The number of fused-ring (bicyclic) bond motifs is 1. The lowest BCUT2D eigenvalue weighted by Gasteiger charge is -2.25. The van der Waals surface area contributed by atoms with Crippen LogP contribution in [-0.4, -0.2) is 37.6 Å². The lowest BCUT2D eigenvalue weighted by molar-refractivity contribution is -0.117. The molecule has 0 unspecified atom stereocenters. The Labute approximate surface area is 192 Å². The van der Waals surface area contributed by atoms with Crippen molar-refractivity contribution in [1.82, 2.24) is 4.90 Å². The first-order chi connectivity index (χ1) is 15.7. The summed E-state index contributed by atoms with van der Waals surface area (Å²) in [5.41, 5.74) is 2.27. The zero-order valence-corrected chi connectivity index (χ0v) is 19.0. The van der Waals surface area contributed by atoms with Crippen molar-refractivity contribution in [3.8, 4) is 0 Å². The molecule has 168 valence electrons. The summed E-state index contributed by atoms with van der Waals surface area (Å²) in [4.78, 5) is 39.6. The van der Waals surface area contributed by atoms with Gasteiger partial charge >= 0.3 is 0 Å². The first kappa shape index (κ1) is 22.4. The minimum atomic E-state index is -4.22. The van der Waals surface area contributed by atoms with Crippen LogP contribution in [0.2, 0.25) is 0 Å². The third-order valence-corrected chi connectivity index (χ3v) is 7.48. The van der Waals surface area contributed by atoms with E-state index in [-0.39, 0.29) is 34.7 Å². The van der Waals surface area contributed by atoms with Crippen LogP contribution in [0.4, 0.5) is 5.69 Å². The van der Waals surface area contributed by atoms with Gasteiger partial charge in [0.15, 0.2) is 0 Å². The Balaban J connectivity index is 1.67. The van der Waals surface area contributed by atoms with Crippen LogP contribution in [0.1, 0.15) is 38.3 Å². The van der Waals surface area contributed by atoms with E-state index < -0.39 is 27.7 Å². The van der Waals surface area contributed by atoms with Gasteiger partial charge in [-0.2, -0.15) is 0 Å². The molecule has 3 aromatic carbocycles. The third kappa shape index (κ3) is 3.93. The molecule has 33 heavy (non-hydrogen) atoms. The standard InChI is InChI=1S/C25H22N2O5S/c1-17-9-8-14-22(18(17)2)27(33(31,32)19-10-4-3-5-11-19)23(28)15-16-26-24(29)20-12-6-7-13-21(20)25(26)30/h3-14H,15-16H2,1-2H3. The zero-order valence-electron chi connectivity index (χ0n) is 18.2. The molecule has 0 spiro atoms. The van der Waals surface area contributed by atoms with Crippen LogP contribution in [0.3, 0.4) is 0 Å². The molecule has 0 aliphatic carbocycles. The molecule has 0 N–H and O–H groups in total. The number of hydrogen-bond acceptors (Lipinski definition) is 5. The number of amides is 3. The van der Waals surface area contributed by atoms with Gasteiger partial charge in [0.2, 0.25) is 5.91 Å². The third-order valence-electron chi connectivity index (χ3n) is 5.73. The smallest absolute Gasteiger partial charge is 0.270 e. The lowest BCUT2D eigenvalue weighted by atomic mass is 10.1. The fraction of sp³-hybridized carbons (Fsp3) is 0.160. The highest BCUT2D eigenvalue weighted by Gasteiger charge is 2.37. The molecule has 3 amide bonds. The molecule has 0 fully saturated rings. The van der Waals surface area contributed by atoms with Crippen molar-refractivity contribution < 1.29 is 22.8 Å². The van der Waals surface area contributed by atoms with Crippen LogP contribution in [0, 0.1) is 13.8 Å². The molecular weight excluding hydrogens is 440 g/mol. The largest absolute Gasteiger partial charge is 0.274 e. The van der Waals surface area contributed by atoms with Gasteiger partial charge in [0.25, 0.3) is 21.8 Å². The highest BCUT2D eigenvalue weighted by atomic mass is 32.2. The van der Waals surface area contributed by atoms with E-state index in [9.17, 15) is 22.8 Å². The molecule has 0 bridgehead atoms. The number of anilines is 1. The number of rotatable bonds is 6. The highest BCUT2D eigenvalue weighted by molar-refractivity contribution is 7.93. The van der Waals surface area contributed by atoms with E-state index in [0.717, 1.165) is 14.8 Å². The number of sulfonamides is 1. The van der Waals surface area contributed by atoms with E-state index in [1.54, 1.807) is 61.5 Å². The Kier molecular flexibility index (Phi) is 5.86. The molecule has 0 saturated carbocycles. The maximum atomic E-state index is 13.5. The van der Waals surface area contributed by atoms with E-state index in [2.05, 4.69) is 0 Å². The minimum Gasteiger partial charge on any atom is -0.274 e. The Morgan fingerprint density at radius 3 is 2.00 bits per heavy atom. The highest BCUT2D eigenvalue weighted by Crippen LogP contribution is 2.30. The molecule has 1 aliphatic rings. The van der Waals surface area contributed by atoms with Gasteiger partial charge < -0.3 is 0 Å². The molecule has 8 heteroatoms. The van der Waals surface area contributed by atoms with Crippen molar-refractivity contribution in [2.45, 2.75) is 25.2 Å². The lowest BCUT2D eigenvalue weighted by Crippen LogP contribution is -2.40. The summed E-state index contributed by atoms with van der Waals surface area (Å²) in [7, 11) is -4.22. The summed E-state index contributed by atoms with van der Waals surface area (Å²) in [5.74, 6) is -1.72. The molecule has 1 heterocycles. The van der Waals surface area contributed by atoms with Gasteiger partial charge in [0.1, 0.15) is 0 Å². The molecule has 0 saturated heterocycles. The van der Waals surface area contributed by atoms with Crippen LogP contribution in [0.15, 0.2) is 77.7 Å². The van der Waals surface area contributed by atoms with Crippen LogP contribution in [0.5, 0.6) is 0 Å². The van der Waals surface area contributed by atoms with Gasteiger partial charge in [0.05, 0.1) is 21.7 Å². The summed E-state index contributed by atoms with van der Waals surface area (Å²) in [6.07, 6.45) is -0.342. The fourth-order valence-corrected chi connectivity index (χ4v) is 5.33. The Hall–Kier alpha value is -3.78. The van der Waals surface area contributed by atoms with Crippen molar-refractivity contribution in [3.63, 3.8) is 0 Å². The molecule has 0 radical (unpaired) electrons. The van der Waals surface area contributed by atoms with Crippen molar-refractivity contribution in [2.24, 2.45) is 0 Å². The second kappa shape index (κ2) is 8.63. The topological polar surface area (TPSA) is 91.8 Å². The monoisotopic (exact) mass is 462 g/mol. The molecule has 1 aliphatic heterocycles. The van der Waals surface area contributed by atoms with Crippen molar-refractivity contribution >= 4 is 33.4 Å². The normalized spacial score (nSPS) is 13.2. The zero-order chi connectivity index (χ0) is 23.8. The van der Waals surface area contributed by atoms with Gasteiger partial charge in [-0.1, -0.05) is 42.5 Å². The number of benzene rings is 3. The Morgan fingerprint density at radius 2 is 1.39 bits per heavy atom. The molecule has 7 nitrogen and oxygen atoms in total. The van der Waals surface area contributed by atoms with Gasteiger partial charge in [-0.3, -0.25) is 19.3 Å². The first-order valence-corrected chi connectivity index (χ1v) is 11.8. The summed E-state index contributed by atoms with van der Waals surface area (Å²) in [6, 6.07) is 19.2. The number of nitrogens with zero attached hydrogens (tertiary/aromatic N) is 2. The van der Waals surface area contributed by atoms with Crippen LogP contribution in [0.25, 0.3) is 0 Å². The molecule has 0 aromatic heterocycles. The number of carbonyl (C=O) groups excluding carboxylic acids is 3. The van der Waals surface area contributed by atoms with Crippen LogP contribution < -0.4 is 4.31 Å². The van der Waals surface area contributed by atoms with Crippen molar-refractivity contribution in [2.75, 3.05) is 10.8 Å². The van der Waals surface area contributed by atoms with Crippen LogP contribution in [-0.2, 0) is 14.8 Å². The van der Waals surface area contributed by atoms with E-state index in [1.807, 2.05) is 13.0 Å². The van der Waals surface area contributed by atoms with Crippen LogP contribution >= 0.6 is 0 Å². The number of hydrogen-bond donors (Lipinski definition) is 0. The van der Waals surface area contributed by atoms with E-state index in [4.69, 9.17) is 0 Å². The summed E-state index contributed by atoms with van der Waals surface area (Å²) >= 11 is 0. The average Bonchev–Trinajstić information content (AvgIpc) is 3.06. The quantitative estimate of drug-likeness (QED) is 0.521. The summed E-state index contributed by atoms with van der Waals surface area (Å²) in [6.45, 7) is 3.35. The van der Waals surface area contributed by atoms with E-state index >= 15 is 0 Å². The maximum Gasteiger partial charge on any atom is 0.270 e. The number of carbonyl (C=O) groups is 3. The predicted molar refractivity (Wildman–Crippen MR) is 123 cm³/mol. The predicted octanol–water partition coefficient (Wildman–Crippen LogP) is 3.71. The van der Waals surface area contributed by atoms with Gasteiger partial charge in [-0.15, -0.1) is 0 Å². The average molecular weight is 463 g/mol. The number of imide groups is 1. The minimum absolute atomic E-state index is 0.0278.